The predicted molar refractivity (Wildman–Crippen MR) is 41.6 cm³/mol. The lowest BCUT2D eigenvalue weighted by atomic mass is 10.3. The lowest BCUT2D eigenvalue weighted by Crippen LogP contribution is -2.22. The van der Waals surface area contributed by atoms with E-state index in [4.69, 9.17) is 5.11 Å². The van der Waals surface area contributed by atoms with Gasteiger partial charge in [0, 0.05) is 19.2 Å². The molecule has 0 aliphatic carbocycles. The summed E-state index contributed by atoms with van der Waals surface area (Å²) in [6, 6.07) is 0. The molecule has 3 heteroatoms. The van der Waals surface area contributed by atoms with Crippen LogP contribution in [0.3, 0.4) is 0 Å². The topological polar surface area (TPSA) is 49.3 Å². The van der Waals surface area contributed by atoms with Crippen molar-refractivity contribution in [1.29, 1.82) is 0 Å². The zero-order chi connectivity index (χ0) is 8.57. The summed E-state index contributed by atoms with van der Waals surface area (Å²) in [6.45, 7) is 7.70. The van der Waals surface area contributed by atoms with E-state index in [0.29, 0.717) is 12.1 Å². The Labute approximate surface area is 61.8 Å². The minimum atomic E-state index is -0.0625. The third kappa shape index (κ3) is 7.17. The zero-order valence-corrected chi connectivity index (χ0v) is 6.77. The number of carbonyl (C=O) groups is 1. The van der Waals surface area contributed by atoms with Gasteiger partial charge in [0.2, 0.25) is 5.91 Å². The van der Waals surface area contributed by atoms with Gasteiger partial charge in [-0.15, -0.1) is 0 Å². The molecule has 3 nitrogen and oxygen atoms in total. The Balaban J connectivity index is 0. The van der Waals surface area contributed by atoms with E-state index >= 15 is 0 Å². The van der Waals surface area contributed by atoms with E-state index in [1.54, 1.807) is 6.92 Å². The Morgan fingerprint density at radius 2 is 2.00 bits per heavy atom. The predicted octanol–water partition coefficient (Wildman–Crippen LogP) is 0.307. The van der Waals surface area contributed by atoms with Crippen LogP contribution in [0.25, 0.3) is 0 Å². The second-order valence-corrected chi connectivity index (χ2v) is 1.64. The lowest BCUT2D eigenvalue weighted by molar-refractivity contribution is -0.117. The Hall–Kier alpha value is -0.830. The molecule has 0 bridgehead atoms. The van der Waals surface area contributed by atoms with E-state index in [2.05, 4.69) is 11.9 Å². The Kier molecular flexibility index (Phi) is 9.73. The fraction of sp³-hybridized carbons (Fsp3) is 0.571. The Morgan fingerprint density at radius 1 is 1.60 bits per heavy atom. The normalized spacial score (nSPS) is 7.20. The molecular weight excluding hydrogens is 130 g/mol. The summed E-state index contributed by atoms with van der Waals surface area (Å²) in [5.74, 6) is -0.0625. The summed E-state index contributed by atoms with van der Waals surface area (Å²) in [4.78, 5) is 10.5. The van der Waals surface area contributed by atoms with E-state index in [9.17, 15) is 4.79 Å². The van der Waals surface area contributed by atoms with Gasteiger partial charge in [-0.3, -0.25) is 4.79 Å². The van der Waals surface area contributed by atoms with Crippen molar-refractivity contribution in [1.82, 2.24) is 5.32 Å². The third-order valence-electron chi connectivity index (χ3n) is 0.725. The first-order chi connectivity index (χ1) is 4.68. The first-order valence-corrected chi connectivity index (χ1v) is 3.07. The highest BCUT2D eigenvalue weighted by Gasteiger charge is 1.95. The average molecular weight is 145 g/mol. The monoisotopic (exact) mass is 145 g/mol. The molecule has 60 valence electrons. The molecule has 0 saturated heterocycles. The number of hydrogen-bond donors (Lipinski definition) is 2. The molecule has 1 amide bonds. The van der Waals surface area contributed by atoms with Gasteiger partial charge in [0.1, 0.15) is 0 Å². The molecule has 0 aliphatic rings. The van der Waals surface area contributed by atoms with Crippen molar-refractivity contribution in [3.05, 3.63) is 12.2 Å². The highest BCUT2D eigenvalue weighted by Crippen LogP contribution is 1.82. The van der Waals surface area contributed by atoms with Crippen LogP contribution in [0.1, 0.15) is 13.8 Å². The summed E-state index contributed by atoms with van der Waals surface area (Å²) >= 11 is 0. The van der Waals surface area contributed by atoms with Gasteiger partial charge >= 0.3 is 0 Å². The lowest BCUT2D eigenvalue weighted by Gasteiger charge is -1.97. The highest BCUT2D eigenvalue weighted by atomic mass is 16.2. The Morgan fingerprint density at radius 3 is 2.10 bits per heavy atom. The minimum absolute atomic E-state index is 0.0625. The maximum absolute atomic E-state index is 10.5. The first kappa shape index (κ1) is 11.9. The second kappa shape index (κ2) is 8.17. The van der Waals surface area contributed by atoms with Crippen molar-refractivity contribution in [2.45, 2.75) is 13.8 Å². The quantitative estimate of drug-likeness (QED) is 0.549. The second-order valence-electron chi connectivity index (χ2n) is 1.64. The number of rotatable bonds is 2. The van der Waals surface area contributed by atoms with Gasteiger partial charge in [-0.2, -0.15) is 0 Å². The van der Waals surface area contributed by atoms with E-state index in [1.807, 2.05) is 6.92 Å². The molecule has 0 aliphatic heterocycles. The van der Waals surface area contributed by atoms with Gasteiger partial charge in [0.05, 0.1) is 0 Å². The van der Waals surface area contributed by atoms with Crippen molar-refractivity contribution < 1.29 is 9.90 Å². The van der Waals surface area contributed by atoms with Crippen LogP contribution in [0.4, 0.5) is 0 Å². The van der Waals surface area contributed by atoms with E-state index in [-0.39, 0.29) is 5.91 Å². The maximum Gasteiger partial charge on any atom is 0.246 e. The molecule has 0 aromatic carbocycles. The maximum atomic E-state index is 10.5. The van der Waals surface area contributed by atoms with Gasteiger partial charge < -0.3 is 10.4 Å². The van der Waals surface area contributed by atoms with Crippen LogP contribution in [-0.4, -0.2) is 24.7 Å². The number of carbonyl (C=O) groups excluding carboxylic acids is 1. The van der Waals surface area contributed by atoms with Crippen LogP contribution in [0.15, 0.2) is 12.2 Å². The van der Waals surface area contributed by atoms with Crippen LogP contribution in [-0.2, 0) is 4.79 Å². The van der Waals surface area contributed by atoms with Gasteiger partial charge in [-0.05, 0) is 13.8 Å². The minimum Gasteiger partial charge on any atom is -0.400 e. The number of nitrogens with one attached hydrogen (secondary N) is 1. The summed E-state index contributed by atoms with van der Waals surface area (Å²) in [6.07, 6.45) is 0. The number of amides is 1. The third-order valence-corrected chi connectivity index (χ3v) is 0.725. The molecule has 10 heavy (non-hydrogen) atoms. The molecule has 0 rings (SSSR count). The first-order valence-electron chi connectivity index (χ1n) is 3.07. The van der Waals surface area contributed by atoms with Gasteiger partial charge in [-0.1, -0.05) is 6.58 Å². The zero-order valence-electron chi connectivity index (χ0n) is 6.77. The summed E-state index contributed by atoms with van der Waals surface area (Å²) < 4.78 is 0. The largest absolute Gasteiger partial charge is 0.400 e. The van der Waals surface area contributed by atoms with Crippen molar-refractivity contribution in [3.8, 4) is 0 Å². The van der Waals surface area contributed by atoms with Gasteiger partial charge in [0.15, 0.2) is 0 Å². The van der Waals surface area contributed by atoms with Crippen molar-refractivity contribution in [3.63, 3.8) is 0 Å². The molecule has 0 spiro atoms. The van der Waals surface area contributed by atoms with Crippen molar-refractivity contribution in [2.75, 3.05) is 13.7 Å². The standard InChI is InChI=1S/C6H11NO.CH4O/c1-4-7-6(8)5(2)3;1-2/h2,4H2,1,3H3,(H,7,8);2H,1H3. The Bertz CT molecular complexity index is 110. The SMILES string of the molecule is C=C(C)C(=O)NCC.CO. The molecule has 0 saturated carbocycles. The molecule has 0 aromatic heterocycles. The fourth-order valence-corrected chi connectivity index (χ4v) is 0.311. The van der Waals surface area contributed by atoms with Gasteiger partial charge in [0.25, 0.3) is 0 Å². The molecule has 0 fully saturated rings. The van der Waals surface area contributed by atoms with Crippen molar-refractivity contribution in [2.24, 2.45) is 0 Å². The molecule has 0 radical (unpaired) electrons. The number of aliphatic hydroxyl groups is 1. The number of aliphatic hydroxyl groups excluding tert-OH is 1. The fourth-order valence-electron chi connectivity index (χ4n) is 0.311. The molecule has 0 heterocycles. The summed E-state index contributed by atoms with van der Waals surface area (Å²) in [5.41, 5.74) is 0.562. The smallest absolute Gasteiger partial charge is 0.246 e. The van der Waals surface area contributed by atoms with Crippen molar-refractivity contribution >= 4 is 5.91 Å². The molecule has 0 aromatic rings. The van der Waals surface area contributed by atoms with Crippen LogP contribution in [0, 0.1) is 0 Å². The van der Waals surface area contributed by atoms with E-state index in [0.717, 1.165) is 7.11 Å². The molecule has 0 unspecified atom stereocenters. The summed E-state index contributed by atoms with van der Waals surface area (Å²) in [5, 5.41) is 9.61. The molecule has 2 N–H and O–H groups in total. The molecule has 0 atom stereocenters. The van der Waals surface area contributed by atoms with Crippen LogP contribution in [0.5, 0.6) is 0 Å². The van der Waals surface area contributed by atoms with E-state index in [1.165, 1.54) is 0 Å². The van der Waals surface area contributed by atoms with Crippen LogP contribution in [0.2, 0.25) is 0 Å². The van der Waals surface area contributed by atoms with E-state index < -0.39 is 0 Å². The van der Waals surface area contributed by atoms with Gasteiger partial charge in [-0.25, -0.2) is 0 Å². The number of likely N-dealkylation sites (N-methyl/N-ethyl adjacent to an activating group) is 1. The molecular formula is C7H15NO2. The van der Waals surface area contributed by atoms with Crippen LogP contribution >= 0.6 is 0 Å². The number of hydrogen-bond acceptors (Lipinski definition) is 2. The van der Waals surface area contributed by atoms with Crippen LogP contribution < -0.4 is 5.32 Å². The summed E-state index contributed by atoms with van der Waals surface area (Å²) in [7, 11) is 1.00. The highest BCUT2D eigenvalue weighted by molar-refractivity contribution is 5.91. The average Bonchev–Trinajstić information content (AvgIpc) is 1.93.